The lowest BCUT2D eigenvalue weighted by atomic mass is 10.0. The highest BCUT2D eigenvalue weighted by Crippen LogP contribution is 2.11. The summed E-state index contributed by atoms with van der Waals surface area (Å²) in [6, 6.07) is -0.901. The van der Waals surface area contributed by atoms with Gasteiger partial charge in [0.25, 0.3) is 0 Å². The van der Waals surface area contributed by atoms with E-state index in [9.17, 15) is 9.59 Å². The number of unbranched alkanes of at least 4 members (excludes halogenated alkanes) is 8. The Labute approximate surface area is 123 Å². The van der Waals surface area contributed by atoms with Gasteiger partial charge in [0.2, 0.25) is 0 Å². The van der Waals surface area contributed by atoms with Crippen molar-refractivity contribution in [2.45, 2.75) is 90.0 Å². The van der Waals surface area contributed by atoms with Crippen molar-refractivity contribution in [1.82, 2.24) is 0 Å². The molecule has 0 amide bonds. The molecule has 0 bridgehead atoms. The zero-order valence-corrected chi connectivity index (χ0v) is 12.9. The molecule has 0 heterocycles. The molecule has 0 unspecified atom stereocenters. The van der Waals surface area contributed by atoms with Crippen LogP contribution in [0.15, 0.2) is 0 Å². The molecule has 0 saturated carbocycles. The van der Waals surface area contributed by atoms with Crippen LogP contribution in [-0.4, -0.2) is 22.9 Å². The molecule has 0 radical (unpaired) electrons. The van der Waals surface area contributed by atoms with E-state index in [1.165, 1.54) is 44.9 Å². The topological polar surface area (TPSA) is 80.4 Å². The second-order valence-corrected chi connectivity index (χ2v) is 5.60. The van der Waals surface area contributed by atoms with Gasteiger partial charge < -0.3 is 10.8 Å². The molecule has 118 valence electrons. The molecule has 1 atom stereocenters. The van der Waals surface area contributed by atoms with Gasteiger partial charge in [-0.05, 0) is 12.8 Å². The summed E-state index contributed by atoms with van der Waals surface area (Å²) in [6.45, 7) is 2.22. The van der Waals surface area contributed by atoms with E-state index in [-0.39, 0.29) is 12.2 Å². The third-order valence-corrected chi connectivity index (χ3v) is 3.61. The lowest BCUT2D eigenvalue weighted by Gasteiger charge is -2.05. The highest BCUT2D eigenvalue weighted by molar-refractivity contribution is 5.80. The van der Waals surface area contributed by atoms with E-state index in [0.29, 0.717) is 12.8 Å². The number of hydrogen-bond acceptors (Lipinski definition) is 3. The first kappa shape index (κ1) is 19.1. The Balaban J connectivity index is 3.29. The summed E-state index contributed by atoms with van der Waals surface area (Å²) in [6.07, 6.45) is 12.2. The molecule has 0 fully saturated rings. The number of aliphatic carboxylic acids is 1. The van der Waals surface area contributed by atoms with Crippen LogP contribution in [0.2, 0.25) is 0 Å². The van der Waals surface area contributed by atoms with Crippen molar-refractivity contribution < 1.29 is 14.7 Å². The molecule has 0 aliphatic rings. The van der Waals surface area contributed by atoms with E-state index in [4.69, 9.17) is 10.8 Å². The van der Waals surface area contributed by atoms with Crippen LogP contribution in [0.25, 0.3) is 0 Å². The highest BCUT2D eigenvalue weighted by atomic mass is 16.4. The first-order valence-electron chi connectivity index (χ1n) is 8.08. The highest BCUT2D eigenvalue weighted by Gasteiger charge is 2.13. The number of carboxylic acid groups (broad SMARTS) is 1. The minimum absolute atomic E-state index is 0.143. The van der Waals surface area contributed by atoms with Gasteiger partial charge in [0, 0.05) is 12.8 Å². The number of ketones is 1. The van der Waals surface area contributed by atoms with Crippen molar-refractivity contribution in [3.63, 3.8) is 0 Å². The molecule has 0 aliphatic heterocycles. The minimum atomic E-state index is -1.03. The van der Waals surface area contributed by atoms with Crippen molar-refractivity contribution in [2.75, 3.05) is 0 Å². The second-order valence-electron chi connectivity index (χ2n) is 5.60. The standard InChI is InChI=1S/C16H31NO3/c1-2-3-4-5-6-7-8-9-10-11-14(18)12-13-15(17)16(19)20/h15H,2-13,17H2,1H3,(H,19,20)/t15-/m0/s1. The molecule has 0 spiro atoms. The Kier molecular flexibility index (Phi) is 12.5. The van der Waals surface area contributed by atoms with Crippen LogP contribution in [0.5, 0.6) is 0 Å². The second kappa shape index (κ2) is 13.1. The van der Waals surface area contributed by atoms with Gasteiger partial charge in [-0.2, -0.15) is 0 Å². The summed E-state index contributed by atoms with van der Waals surface area (Å²) >= 11 is 0. The van der Waals surface area contributed by atoms with E-state index in [0.717, 1.165) is 12.8 Å². The molecule has 3 N–H and O–H groups in total. The first-order valence-corrected chi connectivity index (χ1v) is 8.08. The zero-order chi connectivity index (χ0) is 15.2. The van der Waals surface area contributed by atoms with Crippen molar-refractivity contribution in [1.29, 1.82) is 0 Å². The number of carbonyl (C=O) groups is 2. The summed E-state index contributed by atoms with van der Waals surface area (Å²) in [7, 11) is 0. The molecule has 4 nitrogen and oxygen atoms in total. The van der Waals surface area contributed by atoms with Gasteiger partial charge in [0.15, 0.2) is 0 Å². The van der Waals surface area contributed by atoms with Crippen LogP contribution in [0.4, 0.5) is 0 Å². The monoisotopic (exact) mass is 285 g/mol. The molecule has 0 aromatic heterocycles. The summed E-state index contributed by atoms with van der Waals surface area (Å²) in [4.78, 5) is 22.0. The lowest BCUT2D eigenvalue weighted by molar-refractivity contribution is -0.138. The smallest absolute Gasteiger partial charge is 0.320 e. The lowest BCUT2D eigenvalue weighted by Crippen LogP contribution is -2.30. The van der Waals surface area contributed by atoms with Crippen LogP contribution < -0.4 is 5.73 Å². The van der Waals surface area contributed by atoms with E-state index >= 15 is 0 Å². The Hall–Kier alpha value is -0.900. The fourth-order valence-electron chi connectivity index (χ4n) is 2.20. The van der Waals surface area contributed by atoms with Crippen LogP contribution in [0.1, 0.15) is 84.0 Å². The average molecular weight is 285 g/mol. The van der Waals surface area contributed by atoms with Crippen molar-refractivity contribution >= 4 is 11.8 Å². The fourth-order valence-corrected chi connectivity index (χ4v) is 2.20. The summed E-state index contributed by atoms with van der Waals surface area (Å²) < 4.78 is 0. The number of carbonyl (C=O) groups excluding carboxylic acids is 1. The number of nitrogens with two attached hydrogens (primary N) is 1. The van der Waals surface area contributed by atoms with Crippen molar-refractivity contribution in [2.24, 2.45) is 5.73 Å². The van der Waals surface area contributed by atoms with Crippen LogP contribution in [0, 0.1) is 0 Å². The quantitative estimate of drug-likeness (QED) is 0.477. The molecular formula is C16H31NO3. The minimum Gasteiger partial charge on any atom is -0.480 e. The van der Waals surface area contributed by atoms with Gasteiger partial charge >= 0.3 is 5.97 Å². The van der Waals surface area contributed by atoms with E-state index < -0.39 is 12.0 Å². The van der Waals surface area contributed by atoms with Gasteiger partial charge in [-0.25, -0.2) is 0 Å². The Morgan fingerprint density at radius 1 is 0.900 bits per heavy atom. The van der Waals surface area contributed by atoms with Crippen LogP contribution in [-0.2, 0) is 9.59 Å². The molecular weight excluding hydrogens is 254 g/mol. The zero-order valence-electron chi connectivity index (χ0n) is 12.9. The van der Waals surface area contributed by atoms with Crippen molar-refractivity contribution in [3.05, 3.63) is 0 Å². The summed E-state index contributed by atoms with van der Waals surface area (Å²) in [5, 5.41) is 8.61. The van der Waals surface area contributed by atoms with Gasteiger partial charge in [-0.1, -0.05) is 58.3 Å². The van der Waals surface area contributed by atoms with Crippen molar-refractivity contribution in [3.8, 4) is 0 Å². The maximum absolute atomic E-state index is 11.5. The molecule has 0 aromatic carbocycles. The van der Waals surface area contributed by atoms with Crippen LogP contribution >= 0.6 is 0 Å². The van der Waals surface area contributed by atoms with E-state index in [2.05, 4.69) is 6.92 Å². The Bertz CT molecular complexity index is 266. The summed E-state index contributed by atoms with van der Waals surface area (Å²) in [5.74, 6) is -0.884. The predicted octanol–water partition coefficient (Wildman–Crippen LogP) is 3.67. The molecule has 0 saturated heterocycles. The maximum atomic E-state index is 11.5. The third-order valence-electron chi connectivity index (χ3n) is 3.61. The van der Waals surface area contributed by atoms with E-state index in [1.54, 1.807) is 0 Å². The Morgan fingerprint density at radius 3 is 1.90 bits per heavy atom. The maximum Gasteiger partial charge on any atom is 0.320 e. The fraction of sp³-hybridized carbons (Fsp3) is 0.875. The van der Waals surface area contributed by atoms with Gasteiger partial charge in [0.1, 0.15) is 11.8 Å². The molecule has 4 heteroatoms. The van der Waals surface area contributed by atoms with Crippen LogP contribution in [0.3, 0.4) is 0 Å². The summed E-state index contributed by atoms with van der Waals surface area (Å²) in [5.41, 5.74) is 5.36. The average Bonchev–Trinajstić information content (AvgIpc) is 2.42. The van der Waals surface area contributed by atoms with E-state index in [1.807, 2.05) is 0 Å². The third kappa shape index (κ3) is 12.2. The molecule has 0 aliphatic carbocycles. The molecule has 20 heavy (non-hydrogen) atoms. The van der Waals surface area contributed by atoms with Gasteiger partial charge in [0.05, 0.1) is 0 Å². The first-order chi connectivity index (χ1) is 9.57. The number of hydrogen-bond donors (Lipinski definition) is 2. The number of Topliss-reactive ketones (excluding diaryl/α,β-unsaturated/α-hetero) is 1. The number of carboxylic acids is 1. The largest absolute Gasteiger partial charge is 0.480 e. The molecule has 0 rings (SSSR count). The normalized spacial score (nSPS) is 12.3. The molecule has 0 aromatic rings. The number of rotatable bonds is 14. The predicted molar refractivity (Wildman–Crippen MR) is 81.7 cm³/mol. The van der Waals surface area contributed by atoms with Gasteiger partial charge in [-0.3, -0.25) is 9.59 Å². The van der Waals surface area contributed by atoms with Gasteiger partial charge in [-0.15, -0.1) is 0 Å². The SMILES string of the molecule is CCCCCCCCCCCC(=O)CC[C@H](N)C(=O)O. The Morgan fingerprint density at radius 2 is 1.40 bits per heavy atom.